The first kappa shape index (κ1) is 11.3. The molecule has 16 heavy (non-hydrogen) atoms. The molecule has 0 aromatic carbocycles. The van der Waals surface area contributed by atoms with Gasteiger partial charge < -0.3 is 9.80 Å². The summed E-state index contributed by atoms with van der Waals surface area (Å²) < 4.78 is 0. The molecule has 0 bridgehead atoms. The van der Waals surface area contributed by atoms with Gasteiger partial charge in [0, 0.05) is 31.2 Å². The largest absolute Gasteiger partial charge is 0.353 e. The summed E-state index contributed by atoms with van der Waals surface area (Å²) in [4.78, 5) is 13.4. The van der Waals surface area contributed by atoms with Crippen LogP contribution in [0.15, 0.2) is 12.3 Å². The molecule has 2 rings (SSSR count). The van der Waals surface area contributed by atoms with Crippen LogP contribution in [-0.2, 0) is 0 Å². The van der Waals surface area contributed by atoms with E-state index < -0.39 is 0 Å². The van der Waals surface area contributed by atoms with Crippen molar-refractivity contribution in [2.24, 2.45) is 0 Å². The van der Waals surface area contributed by atoms with Crippen LogP contribution in [0.5, 0.6) is 0 Å². The normalized spacial score (nSPS) is 17.0. The Balaban J connectivity index is 2.03. The molecule has 0 amide bonds. The zero-order chi connectivity index (χ0) is 11.7. The Morgan fingerprint density at radius 2 is 2.06 bits per heavy atom. The second-order valence-corrected chi connectivity index (χ2v) is 4.95. The Morgan fingerprint density at radius 1 is 1.38 bits per heavy atom. The second-order valence-electron chi connectivity index (χ2n) is 4.95. The maximum atomic E-state index is 4.58. The summed E-state index contributed by atoms with van der Waals surface area (Å²) >= 11 is 0. The highest BCUT2D eigenvalue weighted by molar-refractivity contribution is 5.41. The van der Waals surface area contributed by atoms with Crippen LogP contribution in [0.4, 0.5) is 5.82 Å². The average molecular weight is 220 g/mol. The van der Waals surface area contributed by atoms with Crippen molar-refractivity contribution in [2.45, 2.75) is 25.8 Å². The van der Waals surface area contributed by atoms with E-state index in [-0.39, 0.29) is 0 Å². The van der Waals surface area contributed by atoms with E-state index in [1.54, 1.807) is 0 Å². The monoisotopic (exact) mass is 220 g/mol. The summed E-state index contributed by atoms with van der Waals surface area (Å²) in [6.45, 7) is 6.39. The Labute approximate surface area is 97.3 Å². The number of hydrogen-bond donors (Lipinski definition) is 0. The van der Waals surface area contributed by atoms with E-state index in [1.807, 2.05) is 12.3 Å². The van der Waals surface area contributed by atoms with E-state index in [4.69, 9.17) is 0 Å². The van der Waals surface area contributed by atoms with Crippen molar-refractivity contribution in [3.05, 3.63) is 18.1 Å². The lowest BCUT2D eigenvalue weighted by molar-refractivity contribution is 0.246. The van der Waals surface area contributed by atoms with Gasteiger partial charge in [0.1, 0.15) is 11.6 Å². The highest BCUT2D eigenvalue weighted by atomic mass is 15.3. The molecule has 2 heterocycles. The van der Waals surface area contributed by atoms with Crippen LogP contribution in [0.3, 0.4) is 0 Å². The van der Waals surface area contributed by atoms with Gasteiger partial charge in [-0.05, 0) is 20.2 Å². The number of rotatable bonds is 3. The molecule has 0 radical (unpaired) electrons. The fourth-order valence-corrected chi connectivity index (χ4v) is 1.79. The van der Waals surface area contributed by atoms with Gasteiger partial charge >= 0.3 is 0 Å². The number of likely N-dealkylation sites (N-methyl/N-ethyl adjacent to an activating group) is 1. The van der Waals surface area contributed by atoms with Crippen LogP contribution >= 0.6 is 0 Å². The summed E-state index contributed by atoms with van der Waals surface area (Å²) in [6.07, 6.45) is 1.86. The predicted octanol–water partition coefficient (Wildman–Crippen LogP) is 1.35. The van der Waals surface area contributed by atoms with Crippen molar-refractivity contribution in [2.75, 3.05) is 32.1 Å². The molecule has 1 saturated heterocycles. The minimum atomic E-state index is 0.394. The summed E-state index contributed by atoms with van der Waals surface area (Å²) in [5.41, 5.74) is 0. The minimum absolute atomic E-state index is 0.394. The fourth-order valence-electron chi connectivity index (χ4n) is 1.79. The molecule has 0 aliphatic carbocycles. The average Bonchev–Trinajstić information content (AvgIpc) is 2.15. The molecule has 1 aromatic heterocycles. The maximum absolute atomic E-state index is 4.58. The molecular formula is C12H20N4. The number of aromatic nitrogens is 2. The highest BCUT2D eigenvalue weighted by Gasteiger charge is 2.29. The summed E-state index contributed by atoms with van der Waals surface area (Å²) in [6, 6.07) is 2.66. The third-order valence-corrected chi connectivity index (χ3v) is 3.09. The van der Waals surface area contributed by atoms with Gasteiger partial charge in [-0.15, -0.1) is 0 Å². The van der Waals surface area contributed by atoms with Crippen LogP contribution in [0.1, 0.15) is 25.6 Å². The van der Waals surface area contributed by atoms with E-state index in [0.29, 0.717) is 12.0 Å². The lowest BCUT2D eigenvalue weighted by Gasteiger charge is -2.43. The van der Waals surface area contributed by atoms with E-state index in [9.17, 15) is 0 Å². The van der Waals surface area contributed by atoms with Crippen molar-refractivity contribution in [3.63, 3.8) is 0 Å². The molecule has 88 valence electrons. The van der Waals surface area contributed by atoms with E-state index >= 15 is 0 Å². The third kappa shape index (κ3) is 2.16. The molecule has 4 heteroatoms. The van der Waals surface area contributed by atoms with Crippen LogP contribution < -0.4 is 4.90 Å². The molecule has 0 N–H and O–H groups in total. The molecule has 1 aromatic rings. The predicted molar refractivity (Wildman–Crippen MR) is 65.8 cm³/mol. The SMILES string of the molecule is CC(C)c1nccc(N2CC(N(C)C)C2)n1. The van der Waals surface area contributed by atoms with E-state index in [0.717, 1.165) is 24.7 Å². The quantitative estimate of drug-likeness (QED) is 0.769. The second kappa shape index (κ2) is 4.37. The van der Waals surface area contributed by atoms with Crippen LogP contribution in [-0.4, -0.2) is 48.1 Å². The number of nitrogens with zero attached hydrogens (tertiary/aromatic N) is 4. The lowest BCUT2D eigenvalue weighted by Crippen LogP contribution is -2.57. The van der Waals surface area contributed by atoms with Gasteiger partial charge in [-0.1, -0.05) is 13.8 Å². The Kier molecular flexibility index (Phi) is 3.10. The van der Waals surface area contributed by atoms with Gasteiger partial charge in [-0.25, -0.2) is 9.97 Å². The molecule has 1 fully saturated rings. The number of hydrogen-bond acceptors (Lipinski definition) is 4. The topological polar surface area (TPSA) is 32.3 Å². The standard InChI is InChI=1S/C12H20N4/c1-9(2)12-13-6-5-11(14-12)16-7-10(8-16)15(3)4/h5-6,9-10H,7-8H2,1-4H3. The van der Waals surface area contributed by atoms with Gasteiger partial charge in [0.25, 0.3) is 0 Å². The Morgan fingerprint density at radius 3 is 2.62 bits per heavy atom. The first-order valence-electron chi connectivity index (χ1n) is 5.82. The summed E-state index contributed by atoms with van der Waals surface area (Å²) in [5.74, 6) is 2.40. The summed E-state index contributed by atoms with van der Waals surface area (Å²) in [5, 5.41) is 0. The third-order valence-electron chi connectivity index (χ3n) is 3.09. The van der Waals surface area contributed by atoms with Crippen molar-refractivity contribution >= 4 is 5.82 Å². The molecular weight excluding hydrogens is 200 g/mol. The highest BCUT2D eigenvalue weighted by Crippen LogP contribution is 2.21. The zero-order valence-corrected chi connectivity index (χ0v) is 10.5. The first-order valence-corrected chi connectivity index (χ1v) is 5.82. The smallest absolute Gasteiger partial charge is 0.133 e. The molecule has 0 saturated carbocycles. The Hall–Kier alpha value is -1.16. The van der Waals surface area contributed by atoms with E-state index in [1.165, 1.54) is 0 Å². The van der Waals surface area contributed by atoms with Crippen molar-refractivity contribution in [1.29, 1.82) is 0 Å². The van der Waals surface area contributed by atoms with Crippen LogP contribution in [0.25, 0.3) is 0 Å². The van der Waals surface area contributed by atoms with Gasteiger partial charge in [-0.3, -0.25) is 0 Å². The van der Waals surface area contributed by atoms with Gasteiger partial charge in [0.2, 0.25) is 0 Å². The van der Waals surface area contributed by atoms with Gasteiger partial charge in [-0.2, -0.15) is 0 Å². The van der Waals surface area contributed by atoms with Crippen LogP contribution in [0, 0.1) is 0 Å². The first-order chi connectivity index (χ1) is 7.58. The Bertz CT molecular complexity index is 356. The van der Waals surface area contributed by atoms with Gasteiger partial charge in [0.15, 0.2) is 0 Å². The zero-order valence-electron chi connectivity index (χ0n) is 10.5. The summed E-state index contributed by atoms with van der Waals surface area (Å²) in [7, 11) is 4.25. The molecule has 0 atom stereocenters. The molecule has 4 nitrogen and oxygen atoms in total. The minimum Gasteiger partial charge on any atom is -0.353 e. The van der Waals surface area contributed by atoms with E-state index in [2.05, 4.69) is 47.7 Å². The van der Waals surface area contributed by atoms with Crippen LogP contribution in [0.2, 0.25) is 0 Å². The molecule has 1 aliphatic rings. The van der Waals surface area contributed by atoms with Crippen molar-refractivity contribution in [1.82, 2.24) is 14.9 Å². The van der Waals surface area contributed by atoms with Gasteiger partial charge in [0.05, 0.1) is 0 Å². The lowest BCUT2D eigenvalue weighted by atomic mass is 10.1. The fraction of sp³-hybridized carbons (Fsp3) is 0.667. The molecule has 0 spiro atoms. The molecule has 0 unspecified atom stereocenters. The molecule has 1 aliphatic heterocycles. The van der Waals surface area contributed by atoms with Crippen molar-refractivity contribution < 1.29 is 0 Å². The number of anilines is 1. The van der Waals surface area contributed by atoms with Crippen molar-refractivity contribution in [3.8, 4) is 0 Å². The maximum Gasteiger partial charge on any atom is 0.133 e.